The highest BCUT2D eigenvalue weighted by atomic mass is 32.1. The summed E-state index contributed by atoms with van der Waals surface area (Å²) in [5, 5.41) is 4.94. The fraction of sp³-hybridized carbons (Fsp3) is 0.364. The van der Waals surface area contributed by atoms with E-state index < -0.39 is 0 Å². The molecule has 1 unspecified atom stereocenters. The summed E-state index contributed by atoms with van der Waals surface area (Å²) < 4.78 is 19.4. The van der Waals surface area contributed by atoms with Crippen molar-refractivity contribution in [3.8, 4) is 0 Å². The fourth-order valence-corrected chi connectivity index (χ4v) is 4.67. The zero-order valence-corrected chi connectivity index (χ0v) is 18.7. The summed E-state index contributed by atoms with van der Waals surface area (Å²) in [7, 11) is 1.55. The van der Waals surface area contributed by atoms with E-state index in [9.17, 15) is 14.0 Å². The number of hydrogen-bond donors (Lipinski definition) is 1. The predicted octanol–water partition coefficient (Wildman–Crippen LogP) is 3.28. The Morgan fingerprint density at radius 3 is 2.88 bits per heavy atom. The molecule has 1 aliphatic rings. The average Bonchev–Trinajstić information content (AvgIpc) is 3.44. The van der Waals surface area contributed by atoms with Gasteiger partial charge in [-0.2, -0.15) is 0 Å². The number of pyridine rings is 2. The van der Waals surface area contributed by atoms with Crippen LogP contribution in [-0.4, -0.2) is 65.1 Å². The second kappa shape index (κ2) is 9.58. The molecule has 0 saturated carbocycles. The van der Waals surface area contributed by atoms with E-state index >= 15 is 0 Å². The molecule has 3 aromatic heterocycles. The molecule has 0 spiro atoms. The fourth-order valence-electron chi connectivity index (χ4n) is 3.62. The summed E-state index contributed by atoms with van der Waals surface area (Å²) >= 11 is 1.50. The first-order chi connectivity index (χ1) is 15.5. The van der Waals surface area contributed by atoms with Crippen molar-refractivity contribution in [3.63, 3.8) is 0 Å². The Bertz CT molecular complexity index is 1140. The number of nitrogens with zero attached hydrogens (tertiary/aromatic N) is 4. The molecule has 1 saturated heterocycles. The van der Waals surface area contributed by atoms with Crippen LogP contribution in [0.2, 0.25) is 0 Å². The molecule has 168 valence electrons. The van der Waals surface area contributed by atoms with E-state index in [0.717, 1.165) is 20.7 Å². The van der Waals surface area contributed by atoms with Gasteiger partial charge in [-0.15, -0.1) is 11.3 Å². The second-order valence-electron chi connectivity index (χ2n) is 7.59. The minimum absolute atomic E-state index is 0.0313. The van der Waals surface area contributed by atoms with Gasteiger partial charge in [-0.3, -0.25) is 19.6 Å². The van der Waals surface area contributed by atoms with Crippen LogP contribution in [0.1, 0.15) is 35.4 Å². The van der Waals surface area contributed by atoms with Crippen LogP contribution in [0.25, 0.3) is 10.1 Å². The Labute approximate surface area is 189 Å². The number of halogens is 1. The number of aromatic nitrogens is 2. The molecule has 0 radical (unpaired) electrons. The SMILES string of the molecule is COCCC(=O)N1CCN(C(=O)c2nccc3sc(NC(C)c4cncc(F)c4)cc23)C1. The number of carbonyl (C=O) groups is 2. The minimum Gasteiger partial charge on any atom is -0.384 e. The van der Waals surface area contributed by atoms with Gasteiger partial charge in [0.2, 0.25) is 5.91 Å². The third-order valence-corrected chi connectivity index (χ3v) is 6.41. The first-order valence-corrected chi connectivity index (χ1v) is 11.1. The summed E-state index contributed by atoms with van der Waals surface area (Å²) in [4.78, 5) is 36.9. The molecule has 1 N–H and O–H groups in total. The van der Waals surface area contributed by atoms with E-state index in [-0.39, 0.29) is 30.3 Å². The number of fused-ring (bicyclic) bond motifs is 1. The van der Waals surface area contributed by atoms with Gasteiger partial charge in [-0.25, -0.2) is 4.39 Å². The Hall–Kier alpha value is -3.11. The van der Waals surface area contributed by atoms with Gasteiger partial charge in [0.05, 0.1) is 36.9 Å². The Morgan fingerprint density at radius 1 is 1.28 bits per heavy atom. The van der Waals surface area contributed by atoms with E-state index in [1.54, 1.807) is 29.3 Å². The third kappa shape index (κ3) is 4.71. The minimum atomic E-state index is -0.384. The average molecular weight is 458 g/mol. The zero-order valence-electron chi connectivity index (χ0n) is 17.9. The molecule has 10 heteroatoms. The quantitative estimate of drug-likeness (QED) is 0.586. The van der Waals surface area contributed by atoms with Crippen LogP contribution in [0, 0.1) is 5.82 Å². The smallest absolute Gasteiger partial charge is 0.274 e. The van der Waals surface area contributed by atoms with Crippen LogP contribution in [0.4, 0.5) is 9.39 Å². The summed E-state index contributed by atoms with van der Waals surface area (Å²) in [5.74, 6) is -0.620. The summed E-state index contributed by atoms with van der Waals surface area (Å²) in [6.45, 7) is 3.50. The maximum Gasteiger partial charge on any atom is 0.274 e. The molecule has 4 rings (SSSR count). The predicted molar refractivity (Wildman–Crippen MR) is 120 cm³/mol. The van der Waals surface area contributed by atoms with Crippen LogP contribution in [0.5, 0.6) is 0 Å². The van der Waals surface area contributed by atoms with E-state index in [0.29, 0.717) is 31.8 Å². The lowest BCUT2D eigenvalue weighted by Crippen LogP contribution is -2.34. The first-order valence-electron chi connectivity index (χ1n) is 10.3. The monoisotopic (exact) mass is 457 g/mol. The number of anilines is 1. The Balaban J connectivity index is 1.50. The van der Waals surface area contributed by atoms with Crippen LogP contribution in [0.15, 0.2) is 36.8 Å². The summed E-state index contributed by atoms with van der Waals surface area (Å²) in [5.41, 5.74) is 1.09. The van der Waals surface area contributed by atoms with Crippen molar-refractivity contribution >= 4 is 38.2 Å². The van der Waals surface area contributed by atoms with Crippen LogP contribution >= 0.6 is 11.3 Å². The van der Waals surface area contributed by atoms with Gasteiger partial charge >= 0.3 is 0 Å². The lowest BCUT2D eigenvalue weighted by atomic mass is 10.1. The summed E-state index contributed by atoms with van der Waals surface area (Å²) in [6.07, 6.45) is 4.71. The van der Waals surface area contributed by atoms with E-state index in [2.05, 4.69) is 15.3 Å². The largest absolute Gasteiger partial charge is 0.384 e. The van der Waals surface area contributed by atoms with Gasteiger partial charge in [-0.1, -0.05) is 0 Å². The van der Waals surface area contributed by atoms with Crippen LogP contribution < -0.4 is 5.32 Å². The molecule has 3 aromatic rings. The highest BCUT2D eigenvalue weighted by Gasteiger charge is 2.29. The topological polar surface area (TPSA) is 87.7 Å². The molecule has 0 aliphatic carbocycles. The Kier molecular flexibility index (Phi) is 6.61. The number of hydrogen-bond acceptors (Lipinski definition) is 7. The molecule has 1 aliphatic heterocycles. The number of rotatable bonds is 7. The molecular weight excluding hydrogens is 433 g/mol. The van der Waals surface area contributed by atoms with Gasteiger partial charge < -0.3 is 19.9 Å². The van der Waals surface area contributed by atoms with Gasteiger partial charge in [0.25, 0.3) is 5.91 Å². The zero-order chi connectivity index (χ0) is 22.7. The number of carbonyl (C=O) groups excluding carboxylic acids is 2. The molecule has 0 aromatic carbocycles. The molecule has 8 nitrogen and oxygen atoms in total. The number of ether oxygens (including phenoxy) is 1. The van der Waals surface area contributed by atoms with Crippen molar-refractivity contribution in [2.24, 2.45) is 0 Å². The molecule has 4 heterocycles. The summed E-state index contributed by atoms with van der Waals surface area (Å²) in [6, 6.07) is 5.03. The maximum atomic E-state index is 13.5. The lowest BCUT2D eigenvalue weighted by Gasteiger charge is -2.18. The highest BCUT2D eigenvalue weighted by Crippen LogP contribution is 2.34. The van der Waals surface area contributed by atoms with Crippen molar-refractivity contribution in [3.05, 3.63) is 53.9 Å². The third-order valence-electron chi connectivity index (χ3n) is 5.37. The number of nitrogens with one attached hydrogen (secondary N) is 1. The Morgan fingerprint density at radius 2 is 2.09 bits per heavy atom. The van der Waals surface area contributed by atoms with Crippen LogP contribution in [-0.2, 0) is 9.53 Å². The number of amides is 2. The van der Waals surface area contributed by atoms with E-state index in [1.165, 1.54) is 23.6 Å². The van der Waals surface area contributed by atoms with Crippen molar-refractivity contribution in [2.75, 3.05) is 38.8 Å². The maximum absolute atomic E-state index is 13.5. The first kappa shape index (κ1) is 22.1. The highest BCUT2D eigenvalue weighted by molar-refractivity contribution is 7.22. The molecule has 32 heavy (non-hydrogen) atoms. The van der Waals surface area contributed by atoms with Gasteiger partial charge in [-0.05, 0) is 30.7 Å². The van der Waals surface area contributed by atoms with Crippen LogP contribution in [0.3, 0.4) is 0 Å². The van der Waals surface area contributed by atoms with Crippen molar-refractivity contribution in [2.45, 2.75) is 19.4 Å². The second-order valence-corrected chi connectivity index (χ2v) is 8.68. The normalized spacial score (nSPS) is 14.7. The van der Waals surface area contributed by atoms with E-state index in [1.807, 2.05) is 19.1 Å². The van der Waals surface area contributed by atoms with Gasteiger partial charge in [0, 0.05) is 42.7 Å². The molecule has 0 bridgehead atoms. The molecule has 1 fully saturated rings. The van der Waals surface area contributed by atoms with Gasteiger partial charge in [0.1, 0.15) is 11.5 Å². The lowest BCUT2D eigenvalue weighted by molar-refractivity contribution is -0.131. The number of thiophene rings is 1. The number of methoxy groups -OCH3 is 1. The van der Waals surface area contributed by atoms with Crippen molar-refractivity contribution < 1.29 is 18.7 Å². The standard InChI is InChI=1S/C22H24FN5O3S/c1-14(15-9-16(23)12-24-11-15)26-19-10-17-18(32-19)3-5-25-21(17)22(30)28-7-6-27(13-28)20(29)4-8-31-2/h3,5,9-12,14,26H,4,6-8,13H2,1-2H3. The van der Waals surface area contributed by atoms with Gasteiger partial charge in [0.15, 0.2) is 0 Å². The van der Waals surface area contributed by atoms with Crippen molar-refractivity contribution in [1.82, 2.24) is 19.8 Å². The molecular formula is C22H24FN5O3S. The molecule has 2 amide bonds. The molecule has 1 atom stereocenters. The van der Waals surface area contributed by atoms with Crippen molar-refractivity contribution in [1.29, 1.82) is 0 Å². The van der Waals surface area contributed by atoms with E-state index in [4.69, 9.17) is 4.74 Å².